The molecule has 4 nitrogen and oxygen atoms in total. The number of benzene rings is 1. The molecule has 1 aliphatic rings. The van der Waals surface area contributed by atoms with Crippen LogP contribution in [0.5, 0.6) is 0 Å². The van der Waals surface area contributed by atoms with Crippen LogP contribution in [-0.4, -0.2) is 15.7 Å². The highest BCUT2D eigenvalue weighted by Gasteiger charge is 2.22. The highest BCUT2D eigenvalue weighted by Crippen LogP contribution is 2.17. The SMILES string of the molecule is CC1=NN(n2ccccc3ccccc3s2)C(=O)C1. The van der Waals surface area contributed by atoms with E-state index in [9.17, 15) is 4.79 Å². The minimum absolute atomic E-state index is 0.00307. The summed E-state index contributed by atoms with van der Waals surface area (Å²) in [6, 6.07) is 14.0. The van der Waals surface area contributed by atoms with Gasteiger partial charge in [-0.25, -0.2) is 0 Å². The van der Waals surface area contributed by atoms with E-state index in [1.165, 1.54) is 16.7 Å². The minimum Gasteiger partial charge on any atom is -0.270 e. The molecule has 0 radical (unpaired) electrons. The van der Waals surface area contributed by atoms with Gasteiger partial charge in [0.05, 0.1) is 11.1 Å². The number of carbonyl (C=O) groups is 1. The summed E-state index contributed by atoms with van der Waals surface area (Å²) in [4.78, 5) is 11.9. The third kappa shape index (κ3) is 2.37. The Morgan fingerprint density at radius 2 is 1.89 bits per heavy atom. The Bertz CT molecular complexity index is 712. The van der Waals surface area contributed by atoms with Crippen molar-refractivity contribution in [2.75, 3.05) is 5.12 Å². The predicted molar refractivity (Wildman–Crippen MR) is 78.4 cm³/mol. The maximum absolute atomic E-state index is 11.9. The summed E-state index contributed by atoms with van der Waals surface area (Å²) in [6.45, 7) is 1.87. The molecule has 1 aliphatic heterocycles. The highest BCUT2D eigenvalue weighted by molar-refractivity contribution is 7.13. The number of hydrogen-bond donors (Lipinski definition) is 0. The zero-order valence-electron chi connectivity index (χ0n) is 10.5. The summed E-state index contributed by atoms with van der Waals surface area (Å²) in [7, 11) is 0. The zero-order valence-corrected chi connectivity index (χ0v) is 11.3. The van der Waals surface area contributed by atoms with Gasteiger partial charge in [-0.3, -0.25) is 4.79 Å². The van der Waals surface area contributed by atoms with Crippen LogP contribution in [-0.2, 0) is 4.79 Å². The van der Waals surface area contributed by atoms with Crippen molar-refractivity contribution >= 4 is 33.2 Å². The van der Waals surface area contributed by atoms with Crippen molar-refractivity contribution in [2.45, 2.75) is 13.3 Å². The minimum atomic E-state index is -0.00307. The van der Waals surface area contributed by atoms with Crippen LogP contribution < -0.4 is 5.12 Å². The van der Waals surface area contributed by atoms with Crippen molar-refractivity contribution in [1.82, 2.24) is 4.07 Å². The van der Waals surface area contributed by atoms with Crippen LogP contribution in [0.15, 0.2) is 53.8 Å². The van der Waals surface area contributed by atoms with Crippen molar-refractivity contribution < 1.29 is 4.79 Å². The van der Waals surface area contributed by atoms with Crippen LogP contribution in [0.25, 0.3) is 10.1 Å². The Kier molecular flexibility index (Phi) is 3.05. The summed E-state index contributed by atoms with van der Waals surface area (Å²) < 4.78 is 2.86. The van der Waals surface area contributed by atoms with Gasteiger partial charge in [0.25, 0.3) is 5.91 Å². The molecule has 0 fully saturated rings. The third-order valence-electron chi connectivity index (χ3n) is 2.79. The molecule has 0 unspecified atom stereocenters. The van der Waals surface area contributed by atoms with E-state index in [-0.39, 0.29) is 5.91 Å². The summed E-state index contributed by atoms with van der Waals surface area (Å²) in [5, 5.41) is 6.83. The first-order valence-corrected chi connectivity index (χ1v) is 6.79. The van der Waals surface area contributed by atoms with E-state index in [1.807, 2.05) is 43.5 Å². The van der Waals surface area contributed by atoms with Gasteiger partial charge in [-0.1, -0.05) is 30.3 Å². The largest absolute Gasteiger partial charge is 0.270 e. The molecule has 1 aromatic heterocycles. The molecule has 5 heteroatoms. The average molecular weight is 271 g/mol. The van der Waals surface area contributed by atoms with Crippen LogP contribution >= 0.6 is 11.5 Å². The van der Waals surface area contributed by atoms with Gasteiger partial charge in [0.2, 0.25) is 0 Å². The summed E-state index contributed by atoms with van der Waals surface area (Å²) in [5.41, 5.74) is 0.838. The maximum Gasteiger partial charge on any atom is 0.269 e. The van der Waals surface area contributed by atoms with E-state index >= 15 is 0 Å². The number of rotatable bonds is 1. The number of carbonyl (C=O) groups excluding carboxylic acids is 1. The van der Waals surface area contributed by atoms with E-state index in [2.05, 4.69) is 17.2 Å². The Morgan fingerprint density at radius 3 is 2.63 bits per heavy atom. The molecule has 0 saturated heterocycles. The lowest BCUT2D eigenvalue weighted by Crippen LogP contribution is -2.29. The van der Waals surface area contributed by atoms with Gasteiger partial charge in [0.1, 0.15) is 0 Å². The summed E-state index contributed by atoms with van der Waals surface area (Å²) in [5.74, 6) is -0.00307. The number of fused-ring (bicyclic) bond motifs is 1. The van der Waals surface area contributed by atoms with Gasteiger partial charge in [0.15, 0.2) is 0 Å². The predicted octanol–water partition coefficient (Wildman–Crippen LogP) is 3.07. The van der Waals surface area contributed by atoms with E-state index in [0.29, 0.717) is 6.42 Å². The number of nitrogens with zero attached hydrogens (tertiary/aromatic N) is 3. The van der Waals surface area contributed by atoms with Crippen molar-refractivity contribution in [3.8, 4) is 0 Å². The topological polar surface area (TPSA) is 37.6 Å². The summed E-state index contributed by atoms with van der Waals surface area (Å²) in [6.07, 6.45) is 2.24. The molecule has 0 atom stereocenters. The van der Waals surface area contributed by atoms with E-state index in [0.717, 1.165) is 15.8 Å². The monoisotopic (exact) mass is 271 g/mol. The Labute approximate surface area is 115 Å². The highest BCUT2D eigenvalue weighted by atomic mass is 32.1. The van der Waals surface area contributed by atoms with E-state index in [1.54, 1.807) is 4.07 Å². The lowest BCUT2D eigenvalue weighted by molar-refractivity contribution is -0.118. The molecule has 3 rings (SSSR count). The second kappa shape index (κ2) is 4.85. The molecule has 96 valence electrons. The zero-order chi connectivity index (χ0) is 13.2. The standard InChI is InChI=1S/C14H13N3OS/c1-11-10-14(18)17(15-11)16-9-5-4-7-12-6-2-3-8-13(12)19-16/h2-9H,10H2,1H3. The molecule has 1 aromatic carbocycles. The second-order valence-electron chi connectivity index (χ2n) is 4.33. The second-order valence-corrected chi connectivity index (χ2v) is 5.32. The van der Waals surface area contributed by atoms with E-state index < -0.39 is 0 Å². The Hall–Kier alpha value is -2.14. The lowest BCUT2D eigenvalue weighted by atomic mass is 10.2. The van der Waals surface area contributed by atoms with Crippen molar-refractivity contribution in [3.05, 3.63) is 48.7 Å². The fourth-order valence-electron chi connectivity index (χ4n) is 1.91. The molecule has 0 aliphatic carbocycles. The number of hydrogen-bond acceptors (Lipinski definition) is 3. The fourth-order valence-corrected chi connectivity index (χ4v) is 2.83. The molecule has 2 heterocycles. The molecule has 0 saturated carbocycles. The van der Waals surface area contributed by atoms with Crippen molar-refractivity contribution in [2.24, 2.45) is 5.10 Å². The van der Waals surface area contributed by atoms with Crippen LogP contribution in [0.4, 0.5) is 0 Å². The average Bonchev–Trinajstić information content (AvgIpc) is 2.69. The maximum atomic E-state index is 11.9. The van der Waals surface area contributed by atoms with Crippen molar-refractivity contribution in [3.63, 3.8) is 0 Å². The molecule has 2 aromatic rings. The first-order valence-electron chi connectivity index (χ1n) is 6.02. The molecule has 0 spiro atoms. The van der Waals surface area contributed by atoms with Gasteiger partial charge in [-0.15, -0.1) is 5.12 Å². The summed E-state index contributed by atoms with van der Waals surface area (Å²) >= 11 is 1.49. The lowest BCUT2D eigenvalue weighted by Gasteiger charge is -2.13. The molecule has 0 N–H and O–H groups in total. The van der Waals surface area contributed by atoms with Gasteiger partial charge in [-0.2, -0.15) is 9.17 Å². The fraction of sp³-hybridized carbons (Fsp3) is 0.143. The van der Waals surface area contributed by atoms with Crippen LogP contribution in [0.2, 0.25) is 0 Å². The molecular formula is C14H13N3OS. The molecule has 19 heavy (non-hydrogen) atoms. The van der Waals surface area contributed by atoms with Gasteiger partial charge in [-0.05, 0) is 36.0 Å². The smallest absolute Gasteiger partial charge is 0.269 e. The number of aromatic nitrogens is 1. The first kappa shape index (κ1) is 11.9. The Balaban J connectivity index is 2.19. The normalized spacial score (nSPS) is 14.7. The van der Waals surface area contributed by atoms with Gasteiger partial charge < -0.3 is 0 Å². The van der Waals surface area contributed by atoms with Crippen LogP contribution in [0.1, 0.15) is 13.3 Å². The van der Waals surface area contributed by atoms with Gasteiger partial charge >= 0.3 is 0 Å². The van der Waals surface area contributed by atoms with Gasteiger partial charge in [0, 0.05) is 11.9 Å². The third-order valence-corrected chi connectivity index (χ3v) is 3.83. The molecule has 0 bridgehead atoms. The van der Waals surface area contributed by atoms with Crippen LogP contribution in [0.3, 0.4) is 0 Å². The number of amides is 1. The van der Waals surface area contributed by atoms with Crippen molar-refractivity contribution in [1.29, 1.82) is 0 Å². The number of hydrazone groups is 1. The molecular weight excluding hydrogens is 258 g/mol. The first-order chi connectivity index (χ1) is 9.24. The molecule has 1 amide bonds. The Morgan fingerprint density at radius 1 is 1.16 bits per heavy atom. The van der Waals surface area contributed by atoms with E-state index in [4.69, 9.17) is 0 Å². The van der Waals surface area contributed by atoms with Crippen LogP contribution in [0, 0.1) is 0 Å². The quantitative estimate of drug-likeness (QED) is 0.785.